The van der Waals surface area contributed by atoms with Crippen molar-refractivity contribution in [1.29, 1.82) is 0 Å². The first kappa shape index (κ1) is 14.9. The van der Waals surface area contributed by atoms with E-state index in [0.29, 0.717) is 0 Å². The average Bonchev–Trinajstić information content (AvgIpc) is 3.17. The van der Waals surface area contributed by atoms with E-state index in [0.717, 1.165) is 38.8 Å². The number of rotatable bonds is 3. The third-order valence-electron chi connectivity index (χ3n) is 4.09. The van der Waals surface area contributed by atoms with Crippen molar-refractivity contribution in [2.75, 3.05) is 12.2 Å². The minimum absolute atomic E-state index is 0.267. The van der Waals surface area contributed by atoms with Gasteiger partial charge in [-0.15, -0.1) is 11.3 Å². The Balaban J connectivity index is 1.65. The van der Waals surface area contributed by atoms with Crippen molar-refractivity contribution in [1.82, 2.24) is 9.97 Å². The van der Waals surface area contributed by atoms with Crippen LogP contribution in [0.25, 0.3) is 10.2 Å². The van der Waals surface area contributed by atoms with Crippen molar-refractivity contribution in [3.05, 3.63) is 40.5 Å². The highest BCUT2D eigenvalue weighted by Crippen LogP contribution is 2.33. The molecule has 122 valence electrons. The van der Waals surface area contributed by atoms with Crippen LogP contribution in [0.4, 0.5) is 5.82 Å². The maximum atomic E-state index is 5.41. The number of nitrogens with one attached hydrogen (secondary N) is 1. The molecule has 0 amide bonds. The van der Waals surface area contributed by atoms with E-state index in [9.17, 15) is 0 Å². The fourth-order valence-electron chi connectivity index (χ4n) is 2.59. The molecule has 24 heavy (non-hydrogen) atoms. The summed E-state index contributed by atoms with van der Waals surface area (Å²) in [4.78, 5) is 10.9. The Bertz CT molecular complexity index is 965. The monoisotopic (exact) mass is 340 g/mol. The lowest BCUT2D eigenvalue weighted by atomic mass is 10.1. The van der Waals surface area contributed by atoms with Gasteiger partial charge in [0.2, 0.25) is 6.79 Å². The molecule has 3 aromatic rings. The van der Waals surface area contributed by atoms with Gasteiger partial charge in [-0.1, -0.05) is 0 Å². The maximum absolute atomic E-state index is 5.41. The van der Waals surface area contributed by atoms with Gasteiger partial charge in [0, 0.05) is 10.4 Å². The molecule has 7 heteroatoms. The molecule has 3 heterocycles. The number of fused-ring (bicyclic) bond motifs is 2. The second-order valence-corrected chi connectivity index (χ2v) is 6.77. The average molecular weight is 340 g/mol. The molecule has 0 spiro atoms. The Morgan fingerprint density at radius 3 is 2.92 bits per heavy atom. The predicted octanol–water partition coefficient (Wildman–Crippen LogP) is 3.87. The minimum atomic E-state index is 0.267. The Labute approximate surface area is 143 Å². The highest BCUT2D eigenvalue weighted by molar-refractivity contribution is 7.18. The fourth-order valence-corrected chi connectivity index (χ4v) is 3.59. The molecule has 0 atom stereocenters. The largest absolute Gasteiger partial charge is 0.454 e. The summed E-state index contributed by atoms with van der Waals surface area (Å²) in [6.45, 7) is 6.38. The van der Waals surface area contributed by atoms with Gasteiger partial charge in [0.1, 0.15) is 11.2 Å². The highest BCUT2D eigenvalue weighted by Gasteiger charge is 2.15. The molecular formula is C17H16N4O2S. The van der Waals surface area contributed by atoms with Crippen LogP contribution in [0.3, 0.4) is 0 Å². The van der Waals surface area contributed by atoms with Crippen LogP contribution >= 0.6 is 11.3 Å². The van der Waals surface area contributed by atoms with Gasteiger partial charge in [0.15, 0.2) is 17.3 Å². The van der Waals surface area contributed by atoms with Gasteiger partial charge in [-0.25, -0.2) is 9.97 Å². The normalized spacial score (nSPS) is 13.5. The van der Waals surface area contributed by atoms with Gasteiger partial charge in [-0.05, 0) is 44.5 Å². The molecule has 0 saturated carbocycles. The van der Waals surface area contributed by atoms with Crippen molar-refractivity contribution in [3.63, 3.8) is 0 Å². The third kappa shape index (κ3) is 2.46. The summed E-state index contributed by atoms with van der Waals surface area (Å²) in [6, 6.07) is 5.79. The van der Waals surface area contributed by atoms with Crippen molar-refractivity contribution in [2.24, 2.45) is 5.10 Å². The van der Waals surface area contributed by atoms with E-state index in [2.05, 4.69) is 34.3 Å². The molecule has 1 N–H and O–H groups in total. The van der Waals surface area contributed by atoms with Crippen LogP contribution in [0.1, 0.15) is 22.9 Å². The zero-order valence-electron chi connectivity index (χ0n) is 13.6. The summed E-state index contributed by atoms with van der Waals surface area (Å²) in [7, 11) is 0. The molecule has 4 rings (SSSR count). The molecule has 0 bridgehead atoms. The lowest BCUT2D eigenvalue weighted by molar-refractivity contribution is 0.174. The topological polar surface area (TPSA) is 68.6 Å². The Kier molecular flexibility index (Phi) is 3.57. The Hall–Kier alpha value is -2.67. The quantitative estimate of drug-likeness (QED) is 0.579. The third-order valence-corrected chi connectivity index (χ3v) is 5.20. The maximum Gasteiger partial charge on any atom is 0.231 e. The first-order valence-corrected chi connectivity index (χ1v) is 8.36. The van der Waals surface area contributed by atoms with Crippen LogP contribution in [0, 0.1) is 13.8 Å². The zero-order chi connectivity index (χ0) is 16.7. The lowest BCUT2D eigenvalue weighted by Gasteiger charge is -2.05. The number of hydrogen-bond donors (Lipinski definition) is 1. The second kappa shape index (κ2) is 5.76. The van der Waals surface area contributed by atoms with Crippen LogP contribution in [0.2, 0.25) is 0 Å². The number of aromatic nitrogens is 2. The summed E-state index contributed by atoms with van der Waals surface area (Å²) >= 11 is 1.67. The summed E-state index contributed by atoms with van der Waals surface area (Å²) in [6.07, 6.45) is 1.56. The van der Waals surface area contributed by atoms with Crippen LogP contribution in [0.5, 0.6) is 11.5 Å². The molecule has 0 aliphatic carbocycles. The van der Waals surface area contributed by atoms with E-state index in [1.807, 2.05) is 25.1 Å². The van der Waals surface area contributed by atoms with Gasteiger partial charge in [-0.3, -0.25) is 5.43 Å². The number of thiophene rings is 1. The number of hydrogen-bond acceptors (Lipinski definition) is 7. The first-order chi connectivity index (χ1) is 11.6. The van der Waals surface area contributed by atoms with E-state index >= 15 is 0 Å². The van der Waals surface area contributed by atoms with Gasteiger partial charge in [-0.2, -0.15) is 5.10 Å². The van der Waals surface area contributed by atoms with Crippen molar-refractivity contribution >= 4 is 33.1 Å². The number of anilines is 1. The summed E-state index contributed by atoms with van der Waals surface area (Å²) in [5.74, 6) is 2.24. The van der Waals surface area contributed by atoms with E-state index in [1.54, 1.807) is 17.7 Å². The molecular weight excluding hydrogens is 324 g/mol. The second-order valence-electron chi connectivity index (χ2n) is 5.56. The van der Waals surface area contributed by atoms with Crippen LogP contribution in [-0.2, 0) is 0 Å². The van der Waals surface area contributed by atoms with Crippen LogP contribution in [0.15, 0.2) is 29.6 Å². The van der Waals surface area contributed by atoms with Crippen LogP contribution < -0.4 is 14.9 Å². The van der Waals surface area contributed by atoms with Gasteiger partial charge in [0.05, 0.1) is 11.1 Å². The molecule has 1 aliphatic rings. The van der Waals surface area contributed by atoms with Crippen LogP contribution in [-0.4, -0.2) is 22.5 Å². The molecule has 0 radical (unpaired) electrons. The van der Waals surface area contributed by atoms with E-state index in [-0.39, 0.29) is 6.79 Å². The SMILES string of the molecule is C/C(=N/Nc1ncnc2sc(C)c(C)c12)c1ccc2c(c1)OCO2. The van der Waals surface area contributed by atoms with E-state index in [4.69, 9.17) is 9.47 Å². The molecule has 2 aromatic heterocycles. The molecule has 6 nitrogen and oxygen atoms in total. The Morgan fingerprint density at radius 2 is 2.04 bits per heavy atom. The van der Waals surface area contributed by atoms with E-state index < -0.39 is 0 Å². The number of ether oxygens (including phenoxy) is 2. The summed E-state index contributed by atoms with van der Waals surface area (Å²) in [5, 5.41) is 5.51. The zero-order valence-corrected chi connectivity index (χ0v) is 14.4. The predicted molar refractivity (Wildman–Crippen MR) is 95.3 cm³/mol. The molecule has 0 fully saturated rings. The number of nitrogens with zero attached hydrogens (tertiary/aromatic N) is 3. The highest BCUT2D eigenvalue weighted by atomic mass is 32.1. The van der Waals surface area contributed by atoms with Crippen molar-refractivity contribution in [2.45, 2.75) is 20.8 Å². The number of hydrazone groups is 1. The lowest BCUT2D eigenvalue weighted by Crippen LogP contribution is -2.01. The first-order valence-electron chi connectivity index (χ1n) is 7.54. The smallest absolute Gasteiger partial charge is 0.231 e. The fraction of sp³-hybridized carbons (Fsp3) is 0.235. The molecule has 0 saturated heterocycles. The summed E-state index contributed by atoms with van der Waals surface area (Å²) in [5.41, 5.74) is 6.07. The van der Waals surface area contributed by atoms with Crippen molar-refractivity contribution in [3.8, 4) is 11.5 Å². The summed E-state index contributed by atoms with van der Waals surface area (Å²) < 4.78 is 10.7. The minimum Gasteiger partial charge on any atom is -0.454 e. The van der Waals surface area contributed by atoms with Gasteiger partial charge < -0.3 is 9.47 Å². The van der Waals surface area contributed by atoms with Gasteiger partial charge >= 0.3 is 0 Å². The van der Waals surface area contributed by atoms with Gasteiger partial charge in [0.25, 0.3) is 0 Å². The molecule has 0 unspecified atom stereocenters. The molecule has 1 aliphatic heterocycles. The standard InChI is InChI=1S/C17H16N4O2S/c1-9-11(3)24-17-15(9)16(18-7-19-17)21-20-10(2)12-4-5-13-14(6-12)23-8-22-13/h4-7H,8H2,1-3H3,(H,18,19,21)/b20-10-. The number of aryl methyl sites for hydroxylation is 2. The van der Waals surface area contributed by atoms with Crippen molar-refractivity contribution < 1.29 is 9.47 Å². The number of benzene rings is 1. The van der Waals surface area contributed by atoms with E-state index in [1.165, 1.54) is 10.4 Å². The Morgan fingerprint density at radius 1 is 1.21 bits per heavy atom. The molecule has 1 aromatic carbocycles.